The first-order valence-corrected chi connectivity index (χ1v) is 6.04. The van der Waals surface area contributed by atoms with E-state index in [9.17, 15) is 0 Å². The Morgan fingerprint density at radius 1 is 1.33 bits per heavy atom. The van der Waals surface area contributed by atoms with Gasteiger partial charge in [0, 0.05) is 12.1 Å². The third-order valence-electron chi connectivity index (χ3n) is 3.05. The van der Waals surface area contributed by atoms with Gasteiger partial charge in [-0.1, -0.05) is 30.3 Å². The number of nitrogens with zero attached hydrogens (tertiary/aromatic N) is 2. The van der Waals surface area contributed by atoms with Gasteiger partial charge in [-0.15, -0.1) is 0 Å². The van der Waals surface area contributed by atoms with Crippen molar-refractivity contribution in [2.45, 2.75) is 13.0 Å². The quantitative estimate of drug-likeness (QED) is 0.879. The van der Waals surface area contributed by atoms with E-state index >= 15 is 0 Å². The second kappa shape index (κ2) is 5.80. The molecule has 0 aliphatic carbocycles. The molecule has 1 aromatic heterocycles. The Hall–Kier alpha value is -1.65. The minimum absolute atomic E-state index is 0.0506. The van der Waals surface area contributed by atoms with Crippen LogP contribution in [0.4, 0.5) is 0 Å². The molecule has 0 amide bonds. The van der Waals surface area contributed by atoms with Crippen LogP contribution in [0.25, 0.3) is 11.3 Å². The van der Waals surface area contributed by atoms with Crippen molar-refractivity contribution in [3.05, 3.63) is 42.4 Å². The first-order chi connectivity index (χ1) is 8.72. The summed E-state index contributed by atoms with van der Waals surface area (Å²) >= 11 is 0. The van der Waals surface area contributed by atoms with E-state index in [4.69, 9.17) is 9.52 Å². The molecular weight excluding hydrogens is 228 g/mol. The van der Waals surface area contributed by atoms with Gasteiger partial charge in [-0.25, -0.2) is 4.98 Å². The number of aliphatic hydroxyl groups is 1. The van der Waals surface area contributed by atoms with Gasteiger partial charge >= 0.3 is 0 Å². The highest BCUT2D eigenvalue weighted by Gasteiger charge is 2.17. The summed E-state index contributed by atoms with van der Waals surface area (Å²) in [6.07, 6.45) is 1.74. The lowest BCUT2D eigenvalue weighted by Crippen LogP contribution is -2.25. The zero-order valence-corrected chi connectivity index (χ0v) is 10.7. The summed E-state index contributed by atoms with van der Waals surface area (Å²) in [7, 11) is 1.94. The van der Waals surface area contributed by atoms with Crippen molar-refractivity contribution in [3.63, 3.8) is 0 Å². The minimum Gasteiger partial charge on any atom is -0.439 e. The molecule has 18 heavy (non-hydrogen) atoms. The molecular formula is C14H18N2O2. The number of hydrogen-bond acceptors (Lipinski definition) is 4. The normalized spacial score (nSPS) is 12.9. The number of aromatic nitrogens is 1. The molecule has 2 aromatic rings. The van der Waals surface area contributed by atoms with Gasteiger partial charge < -0.3 is 9.52 Å². The molecule has 0 saturated heterocycles. The van der Waals surface area contributed by atoms with E-state index in [0.717, 1.165) is 11.3 Å². The number of oxazole rings is 1. The molecule has 0 aliphatic heterocycles. The van der Waals surface area contributed by atoms with E-state index in [1.54, 1.807) is 6.20 Å². The molecule has 0 spiro atoms. The van der Waals surface area contributed by atoms with Crippen LogP contribution in [-0.2, 0) is 0 Å². The Balaban J connectivity index is 2.15. The van der Waals surface area contributed by atoms with Crippen LogP contribution in [0.3, 0.4) is 0 Å². The highest BCUT2D eigenvalue weighted by molar-refractivity contribution is 5.55. The average Bonchev–Trinajstić information content (AvgIpc) is 2.89. The first-order valence-electron chi connectivity index (χ1n) is 6.04. The van der Waals surface area contributed by atoms with E-state index < -0.39 is 0 Å². The summed E-state index contributed by atoms with van der Waals surface area (Å²) in [5.74, 6) is 1.44. The zero-order valence-electron chi connectivity index (χ0n) is 10.7. The van der Waals surface area contributed by atoms with Crippen molar-refractivity contribution in [1.29, 1.82) is 0 Å². The molecule has 1 unspecified atom stereocenters. The second-order valence-corrected chi connectivity index (χ2v) is 4.31. The fourth-order valence-electron chi connectivity index (χ4n) is 1.76. The van der Waals surface area contributed by atoms with E-state index in [2.05, 4.69) is 4.98 Å². The van der Waals surface area contributed by atoms with Gasteiger partial charge in [0.2, 0.25) is 5.89 Å². The van der Waals surface area contributed by atoms with E-state index in [-0.39, 0.29) is 12.6 Å². The molecule has 0 saturated carbocycles. The second-order valence-electron chi connectivity index (χ2n) is 4.31. The molecule has 1 aromatic carbocycles. The van der Waals surface area contributed by atoms with Gasteiger partial charge in [0.15, 0.2) is 5.76 Å². The fraction of sp³-hybridized carbons (Fsp3) is 0.357. The van der Waals surface area contributed by atoms with E-state index in [1.807, 2.05) is 49.2 Å². The van der Waals surface area contributed by atoms with Gasteiger partial charge in [0.05, 0.1) is 18.8 Å². The topological polar surface area (TPSA) is 49.5 Å². The van der Waals surface area contributed by atoms with E-state index in [1.165, 1.54) is 0 Å². The molecule has 0 aliphatic rings. The number of rotatable bonds is 5. The Bertz CT molecular complexity index is 482. The summed E-state index contributed by atoms with van der Waals surface area (Å²) < 4.78 is 5.76. The van der Waals surface area contributed by atoms with Crippen LogP contribution in [-0.4, -0.2) is 35.2 Å². The molecule has 1 N–H and O–H groups in total. The standard InChI is InChI=1S/C14H18N2O2/c1-11(16(2)8-9-17)14-15-10-13(18-14)12-6-4-3-5-7-12/h3-7,10-11,17H,8-9H2,1-2H3. The van der Waals surface area contributed by atoms with Crippen LogP contribution in [0, 0.1) is 0 Å². The maximum absolute atomic E-state index is 8.92. The maximum atomic E-state index is 8.92. The molecule has 0 radical (unpaired) electrons. The van der Waals surface area contributed by atoms with Gasteiger partial charge in [-0.3, -0.25) is 4.90 Å². The number of likely N-dealkylation sites (N-methyl/N-ethyl adjacent to an activating group) is 1. The number of hydrogen-bond donors (Lipinski definition) is 1. The third-order valence-corrected chi connectivity index (χ3v) is 3.05. The molecule has 1 heterocycles. The lowest BCUT2D eigenvalue weighted by molar-refractivity contribution is 0.172. The van der Waals surface area contributed by atoms with Crippen LogP contribution in [0.5, 0.6) is 0 Å². The van der Waals surface area contributed by atoms with E-state index in [0.29, 0.717) is 12.4 Å². The minimum atomic E-state index is 0.0506. The highest BCUT2D eigenvalue weighted by Crippen LogP contribution is 2.24. The maximum Gasteiger partial charge on any atom is 0.211 e. The molecule has 0 bridgehead atoms. The molecule has 2 rings (SSSR count). The summed E-state index contributed by atoms with van der Waals surface area (Å²) in [5.41, 5.74) is 1.02. The Morgan fingerprint density at radius 3 is 2.72 bits per heavy atom. The summed E-state index contributed by atoms with van der Waals surface area (Å²) in [5, 5.41) is 8.92. The van der Waals surface area contributed by atoms with Crippen LogP contribution in [0.2, 0.25) is 0 Å². The van der Waals surface area contributed by atoms with Crippen molar-refractivity contribution in [3.8, 4) is 11.3 Å². The zero-order chi connectivity index (χ0) is 13.0. The Morgan fingerprint density at radius 2 is 2.06 bits per heavy atom. The van der Waals surface area contributed by atoms with Crippen molar-refractivity contribution in [2.75, 3.05) is 20.2 Å². The largest absolute Gasteiger partial charge is 0.439 e. The van der Waals surface area contributed by atoms with Crippen LogP contribution < -0.4 is 0 Å². The van der Waals surface area contributed by atoms with Gasteiger partial charge in [-0.2, -0.15) is 0 Å². The summed E-state index contributed by atoms with van der Waals surface area (Å²) in [6, 6.07) is 9.95. The summed E-state index contributed by atoms with van der Waals surface area (Å²) in [4.78, 5) is 6.31. The number of aliphatic hydroxyl groups excluding tert-OH is 1. The van der Waals surface area contributed by atoms with Crippen molar-refractivity contribution in [2.24, 2.45) is 0 Å². The van der Waals surface area contributed by atoms with Gasteiger partial charge in [-0.05, 0) is 14.0 Å². The predicted octanol–water partition coefficient (Wildman–Crippen LogP) is 2.33. The van der Waals surface area contributed by atoms with Crippen LogP contribution in [0.1, 0.15) is 18.9 Å². The fourth-order valence-corrected chi connectivity index (χ4v) is 1.76. The van der Waals surface area contributed by atoms with Crippen molar-refractivity contribution in [1.82, 2.24) is 9.88 Å². The Labute approximate surface area is 107 Å². The summed E-state index contributed by atoms with van der Waals surface area (Å²) in [6.45, 7) is 2.74. The Kier molecular flexibility index (Phi) is 4.12. The number of benzene rings is 1. The molecule has 96 valence electrons. The predicted molar refractivity (Wildman–Crippen MR) is 70.1 cm³/mol. The lowest BCUT2D eigenvalue weighted by atomic mass is 10.2. The van der Waals surface area contributed by atoms with Gasteiger partial charge in [0.1, 0.15) is 0 Å². The SMILES string of the molecule is CC(c1ncc(-c2ccccc2)o1)N(C)CCO. The third kappa shape index (κ3) is 2.78. The highest BCUT2D eigenvalue weighted by atomic mass is 16.4. The van der Waals surface area contributed by atoms with Crippen LogP contribution in [0.15, 0.2) is 40.9 Å². The average molecular weight is 246 g/mol. The molecule has 0 fully saturated rings. The van der Waals surface area contributed by atoms with Crippen molar-refractivity contribution < 1.29 is 9.52 Å². The first kappa shape index (κ1) is 12.8. The molecule has 4 heteroatoms. The van der Waals surface area contributed by atoms with Crippen LogP contribution >= 0.6 is 0 Å². The van der Waals surface area contributed by atoms with Gasteiger partial charge in [0.25, 0.3) is 0 Å². The molecule has 1 atom stereocenters. The molecule has 4 nitrogen and oxygen atoms in total. The smallest absolute Gasteiger partial charge is 0.211 e. The van der Waals surface area contributed by atoms with Crippen molar-refractivity contribution >= 4 is 0 Å². The monoisotopic (exact) mass is 246 g/mol. The lowest BCUT2D eigenvalue weighted by Gasteiger charge is -2.20.